The molecule has 1 saturated heterocycles. The van der Waals surface area contributed by atoms with E-state index < -0.39 is 0 Å². The summed E-state index contributed by atoms with van der Waals surface area (Å²) in [5.74, 6) is 0.924. The molecule has 1 aliphatic rings. The third-order valence-electron chi connectivity index (χ3n) is 5.84. The van der Waals surface area contributed by atoms with E-state index in [9.17, 15) is 0 Å². The van der Waals surface area contributed by atoms with Crippen molar-refractivity contribution in [2.45, 2.75) is 33.7 Å². The first kappa shape index (κ1) is 23.6. The van der Waals surface area contributed by atoms with Crippen LogP contribution in [0.25, 0.3) is 0 Å². The second-order valence-electron chi connectivity index (χ2n) is 7.57. The van der Waals surface area contributed by atoms with Crippen molar-refractivity contribution in [3.05, 3.63) is 35.9 Å². The van der Waals surface area contributed by atoms with Crippen LogP contribution in [0.3, 0.4) is 0 Å². The average Bonchev–Trinajstić information content (AvgIpc) is 2.77. The quantitative estimate of drug-likeness (QED) is 0.439. The number of hydrogen-bond acceptors (Lipinski definition) is 4. The van der Waals surface area contributed by atoms with Crippen LogP contribution < -0.4 is 10.6 Å². The van der Waals surface area contributed by atoms with Gasteiger partial charge in [-0.05, 0) is 32.1 Å². The molecule has 29 heavy (non-hydrogen) atoms. The van der Waals surface area contributed by atoms with Gasteiger partial charge in [-0.15, -0.1) is 0 Å². The predicted octanol–water partition coefficient (Wildman–Crippen LogP) is 2.26. The fraction of sp³-hybridized carbons (Fsp3) is 0.696. The van der Waals surface area contributed by atoms with Gasteiger partial charge in [0.25, 0.3) is 0 Å². The van der Waals surface area contributed by atoms with E-state index in [2.05, 4.69) is 83.4 Å². The molecule has 1 fully saturated rings. The van der Waals surface area contributed by atoms with Crippen molar-refractivity contribution < 1.29 is 0 Å². The van der Waals surface area contributed by atoms with E-state index in [0.29, 0.717) is 6.04 Å². The van der Waals surface area contributed by atoms with Gasteiger partial charge in [-0.2, -0.15) is 0 Å². The molecule has 0 saturated carbocycles. The summed E-state index contributed by atoms with van der Waals surface area (Å²) in [5, 5.41) is 6.95. The van der Waals surface area contributed by atoms with Gasteiger partial charge in [0.1, 0.15) is 0 Å². The standard InChI is InChI=1S/C23H42N6/c1-5-24-23(25-14-15-28-18-16-27(6-2)17-19-28)26-20-22(29(7-3)8-4)21-12-10-9-11-13-21/h9-13,22H,5-8,14-20H2,1-4H3,(H2,24,25,26). The Morgan fingerprint density at radius 1 is 0.966 bits per heavy atom. The number of aliphatic imine (C=N–C) groups is 1. The molecule has 1 unspecified atom stereocenters. The zero-order chi connectivity index (χ0) is 20.9. The second kappa shape index (κ2) is 13.6. The lowest BCUT2D eigenvalue weighted by molar-refractivity contribution is 0.139. The zero-order valence-corrected chi connectivity index (χ0v) is 19.0. The fourth-order valence-electron chi connectivity index (χ4n) is 3.95. The molecule has 0 aliphatic carbocycles. The van der Waals surface area contributed by atoms with Gasteiger partial charge in [-0.3, -0.25) is 14.8 Å². The summed E-state index contributed by atoms with van der Waals surface area (Å²) in [5.41, 5.74) is 1.34. The highest BCUT2D eigenvalue weighted by molar-refractivity contribution is 5.79. The number of guanidine groups is 1. The number of nitrogens with one attached hydrogen (secondary N) is 2. The Hall–Kier alpha value is -1.63. The first-order valence-corrected chi connectivity index (χ1v) is 11.5. The Bertz CT molecular complexity index is 564. The topological polar surface area (TPSA) is 46.1 Å². The molecule has 164 valence electrons. The summed E-state index contributed by atoms with van der Waals surface area (Å²) < 4.78 is 0. The van der Waals surface area contributed by atoms with Crippen LogP contribution in [0, 0.1) is 0 Å². The molecule has 1 atom stereocenters. The molecule has 1 aliphatic heterocycles. The maximum absolute atomic E-state index is 4.94. The average molecular weight is 403 g/mol. The molecule has 1 heterocycles. The first-order valence-electron chi connectivity index (χ1n) is 11.5. The summed E-state index contributed by atoms with van der Waals surface area (Å²) >= 11 is 0. The molecule has 1 aromatic rings. The summed E-state index contributed by atoms with van der Waals surface area (Å²) in [6, 6.07) is 11.1. The van der Waals surface area contributed by atoms with Crippen LogP contribution >= 0.6 is 0 Å². The Kier molecular flexibility index (Phi) is 11.1. The number of hydrogen-bond donors (Lipinski definition) is 2. The molecular formula is C23H42N6. The van der Waals surface area contributed by atoms with Gasteiger partial charge in [0, 0.05) is 45.8 Å². The summed E-state index contributed by atoms with van der Waals surface area (Å²) in [7, 11) is 0. The van der Waals surface area contributed by atoms with Crippen molar-refractivity contribution in [3.63, 3.8) is 0 Å². The largest absolute Gasteiger partial charge is 0.357 e. The van der Waals surface area contributed by atoms with E-state index >= 15 is 0 Å². The SMILES string of the molecule is CCNC(=NCC(c1ccccc1)N(CC)CC)NCCN1CCN(CC)CC1. The predicted molar refractivity (Wildman–Crippen MR) is 125 cm³/mol. The minimum absolute atomic E-state index is 0.309. The van der Waals surface area contributed by atoms with Crippen molar-refractivity contribution in [3.8, 4) is 0 Å². The number of piperazine rings is 1. The number of rotatable bonds is 11. The number of benzene rings is 1. The summed E-state index contributed by atoms with van der Waals surface area (Å²) in [6.45, 7) is 20.4. The van der Waals surface area contributed by atoms with E-state index in [0.717, 1.165) is 45.2 Å². The molecule has 6 nitrogen and oxygen atoms in total. The lowest BCUT2D eigenvalue weighted by atomic mass is 10.1. The van der Waals surface area contributed by atoms with Crippen LogP contribution in [0.5, 0.6) is 0 Å². The first-order chi connectivity index (χ1) is 14.2. The molecule has 0 aromatic heterocycles. The number of likely N-dealkylation sites (N-methyl/N-ethyl adjacent to an activating group) is 2. The van der Waals surface area contributed by atoms with Gasteiger partial charge in [-0.25, -0.2) is 0 Å². The Morgan fingerprint density at radius 2 is 1.62 bits per heavy atom. The van der Waals surface area contributed by atoms with Crippen LogP contribution in [0.1, 0.15) is 39.3 Å². The highest BCUT2D eigenvalue weighted by Crippen LogP contribution is 2.20. The Balaban J connectivity index is 1.91. The van der Waals surface area contributed by atoms with Gasteiger partial charge >= 0.3 is 0 Å². The molecule has 2 N–H and O–H groups in total. The fourth-order valence-corrected chi connectivity index (χ4v) is 3.95. The molecule has 0 amide bonds. The monoisotopic (exact) mass is 402 g/mol. The maximum atomic E-state index is 4.94. The lowest BCUT2D eigenvalue weighted by Gasteiger charge is -2.34. The van der Waals surface area contributed by atoms with Crippen LogP contribution in [-0.2, 0) is 0 Å². The molecular weight excluding hydrogens is 360 g/mol. The van der Waals surface area contributed by atoms with Crippen molar-refractivity contribution in [2.75, 3.05) is 72.0 Å². The van der Waals surface area contributed by atoms with Crippen LogP contribution in [0.15, 0.2) is 35.3 Å². The van der Waals surface area contributed by atoms with Gasteiger partial charge in [0.05, 0.1) is 12.6 Å². The number of nitrogens with zero attached hydrogens (tertiary/aromatic N) is 4. The van der Waals surface area contributed by atoms with Gasteiger partial charge in [0.2, 0.25) is 0 Å². The third-order valence-corrected chi connectivity index (χ3v) is 5.84. The van der Waals surface area contributed by atoms with Crippen LogP contribution in [0.4, 0.5) is 0 Å². The minimum atomic E-state index is 0.309. The van der Waals surface area contributed by atoms with Gasteiger partial charge < -0.3 is 15.5 Å². The normalized spacial score (nSPS) is 17.5. The molecule has 6 heteroatoms. The zero-order valence-electron chi connectivity index (χ0n) is 19.0. The molecule has 0 bridgehead atoms. The highest BCUT2D eigenvalue weighted by Gasteiger charge is 2.18. The Morgan fingerprint density at radius 3 is 2.21 bits per heavy atom. The van der Waals surface area contributed by atoms with Crippen molar-refractivity contribution >= 4 is 5.96 Å². The van der Waals surface area contributed by atoms with E-state index in [-0.39, 0.29) is 0 Å². The minimum Gasteiger partial charge on any atom is -0.357 e. The van der Waals surface area contributed by atoms with Crippen LogP contribution in [-0.4, -0.2) is 92.7 Å². The van der Waals surface area contributed by atoms with E-state index in [1.54, 1.807) is 0 Å². The van der Waals surface area contributed by atoms with Crippen molar-refractivity contribution in [1.82, 2.24) is 25.3 Å². The summed E-state index contributed by atoms with van der Waals surface area (Å²) in [6.07, 6.45) is 0. The third kappa shape index (κ3) is 7.96. The Labute approximate surface area is 178 Å². The van der Waals surface area contributed by atoms with E-state index in [4.69, 9.17) is 4.99 Å². The smallest absolute Gasteiger partial charge is 0.191 e. The van der Waals surface area contributed by atoms with E-state index in [1.807, 2.05) is 0 Å². The van der Waals surface area contributed by atoms with E-state index in [1.165, 1.54) is 38.3 Å². The second-order valence-corrected chi connectivity index (χ2v) is 7.57. The molecule has 1 aromatic carbocycles. The van der Waals surface area contributed by atoms with Gasteiger partial charge in [0.15, 0.2) is 5.96 Å². The van der Waals surface area contributed by atoms with Crippen molar-refractivity contribution in [1.29, 1.82) is 0 Å². The van der Waals surface area contributed by atoms with Gasteiger partial charge in [-0.1, -0.05) is 51.1 Å². The van der Waals surface area contributed by atoms with Crippen molar-refractivity contribution in [2.24, 2.45) is 4.99 Å². The maximum Gasteiger partial charge on any atom is 0.191 e. The van der Waals surface area contributed by atoms with Crippen LogP contribution in [0.2, 0.25) is 0 Å². The highest BCUT2D eigenvalue weighted by atomic mass is 15.3. The lowest BCUT2D eigenvalue weighted by Crippen LogP contribution is -2.49. The summed E-state index contributed by atoms with van der Waals surface area (Å²) in [4.78, 5) is 12.5. The molecule has 0 radical (unpaired) electrons. The molecule has 2 rings (SSSR count). The molecule has 0 spiro atoms.